The van der Waals surface area contributed by atoms with Crippen LogP contribution in [-0.2, 0) is 9.57 Å². The Balaban J connectivity index is 1.77. The molecule has 2 aromatic carbocycles. The molecule has 4 heteroatoms. The van der Waals surface area contributed by atoms with Gasteiger partial charge in [0, 0.05) is 13.5 Å². The third-order valence-corrected chi connectivity index (χ3v) is 4.11. The van der Waals surface area contributed by atoms with Crippen LogP contribution in [0.5, 0.6) is 0 Å². The van der Waals surface area contributed by atoms with E-state index in [1.54, 1.807) is 7.11 Å². The SMILES string of the molecule is COC(CO)c1ccc(-c2ccc(C3=NOC(C)C3)cc2)cc1. The Kier molecular flexibility index (Phi) is 4.74. The maximum absolute atomic E-state index is 9.27. The Morgan fingerprint density at radius 2 is 1.65 bits per heavy atom. The van der Waals surface area contributed by atoms with Crippen LogP contribution < -0.4 is 0 Å². The lowest BCUT2D eigenvalue weighted by atomic mass is 9.99. The average molecular weight is 311 g/mol. The molecule has 120 valence electrons. The lowest BCUT2D eigenvalue weighted by molar-refractivity contribution is 0.0484. The van der Waals surface area contributed by atoms with Crippen molar-refractivity contribution in [1.29, 1.82) is 0 Å². The first kappa shape index (κ1) is 15.7. The molecule has 23 heavy (non-hydrogen) atoms. The zero-order valence-electron chi connectivity index (χ0n) is 13.4. The predicted octanol–water partition coefficient (Wildman–Crippen LogP) is 3.55. The van der Waals surface area contributed by atoms with Gasteiger partial charge in [-0.25, -0.2) is 0 Å². The van der Waals surface area contributed by atoms with Gasteiger partial charge in [0.15, 0.2) is 0 Å². The second-order valence-electron chi connectivity index (χ2n) is 5.76. The van der Waals surface area contributed by atoms with Crippen molar-refractivity contribution in [3.63, 3.8) is 0 Å². The van der Waals surface area contributed by atoms with Gasteiger partial charge in [-0.15, -0.1) is 0 Å². The highest BCUT2D eigenvalue weighted by atomic mass is 16.6. The molecule has 0 saturated carbocycles. The van der Waals surface area contributed by atoms with Crippen LogP contribution in [0.15, 0.2) is 53.7 Å². The van der Waals surface area contributed by atoms with Crippen LogP contribution in [0.1, 0.15) is 30.6 Å². The Bertz CT molecular complexity index is 673. The fourth-order valence-electron chi connectivity index (χ4n) is 2.73. The minimum Gasteiger partial charge on any atom is -0.393 e. The van der Waals surface area contributed by atoms with Crippen LogP contribution in [-0.4, -0.2) is 30.6 Å². The summed E-state index contributed by atoms with van der Waals surface area (Å²) in [4.78, 5) is 5.25. The van der Waals surface area contributed by atoms with E-state index in [9.17, 15) is 5.11 Å². The summed E-state index contributed by atoms with van der Waals surface area (Å²) in [5.74, 6) is 0. The standard InChI is InChI=1S/C19H21NO3/c1-13-11-18(20-23-13)16-7-3-14(4-8-16)15-5-9-17(10-6-15)19(12-21)22-2/h3-10,13,19,21H,11-12H2,1-2H3. The lowest BCUT2D eigenvalue weighted by Crippen LogP contribution is -2.05. The second-order valence-corrected chi connectivity index (χ2v) is 5.76. The van der Waals surface area contributed by atoms with Crippen molar-refractivity contribution < 1.29 is 14.7 Å². The maximum atomic E-state index is 9.27. The van der Waals surface area contributed by atoms with Crippen LogP contribution in [0, 0.1) is 0 Å². The molecular formula is C19H21NO3. The molecule has 0 spiro atoms. The number of ether oxygens (including phenoxy) is 1. The van der Waals surface area contributed by atoms with Gasteiger partial charge in [0.2, 0.25) is 0 Å². The number of rotatable bonds is 5. The van der Waals surface area contributed by atoms with Gasteiger partial charge in [-0.3, -0.25) is 0 Å². The number of hydrogen-bond donors (Lipinski definition) is 1. The predicted molar refractivity (Wildman–Crippen MR) is 90.4 cm³/mol. The van der Waals surface area contributed by atoms with E-state index in [-0.39, 0.29) is 18.8 Å². The number of benzene rings is 2. The summed E-state index contributed by atoms with van der Waals surface area (Å²) in [6.45, 7) is 2.00. The summed E-state index contributed by atoms with van der Waals surface area (Å²) in [6.07, 6.45) is 0.749. The Morgan fingerprint density at radius 1 is 1.09 bits per heavy atom. The molecule has 3 rings (SSSR count). The van der Waals surface area contributed by atoms with Crippen molar-refractivity contribution in [1.82, 2.24) is 0 Å². The molecule has 0 radical (unpaired) electrons. The van der Waals surface area contributed by atoms with Crippen molar-refractivity contribution in [2.45, 2.75) is 25.6 Å². The summed E-state index contributed by atoms with van der Waals surface area (Å²) >= 11 is 0. The fourth-order valence-corrected chi connectivity index (χ4v) is 2.73. The molecule has 0 aromatic heterocycles. The Morgan fingerprint density at radius 3 is 2.13 bits per heavy atom. The molecule has 0 saturated heterocycles. The minimum atomic E-state index is -0.270. The highest BCUT2D eigenvalue weighted by Crippen LogP contribution is 2.25. The van der Waals surface area contributed by atoms with Gasteiger partial charge in [0.1, 0.15) is 12.2 Å². The smallest absolute Gasteiger partial charge is 0.130 e. The van der Waals surface area contributed by atoms with E-state index in [1.807, 2.05) is 31.2 Å². The Hall–Kier alpha value is -2.17. The third-order valence-electron chi connectivity index (χ3n) is 4.11. The first-order valence-corrected chi connectivity index (χ1v) is 7.78. The largest absolute Gasteiger partial charge is 0.393 e. The van der Waals surface area contributed by atoms with Gasteiger partial charge in [0.25, 0.3) is 0 Å². The zero-order valence-corrected chi connectivity index (χ0v) is 13.4. The van der Waals surface area contributed by atoms with Crippen LogP contribution in [0.3, 0.4) is 0 Å². The van der Waals surface area contributed by atoms with Crippen LogP contribution in [0.2, 0.25) is 0 Å². The molecule has 2 aromatic rings. The molecule has 2 atom stereocenters. The normalized spacial score (nSPS) is 18.4. The van der Waals surface area contributed by atoms with Crippen LogP contribution >= 0.6 is 0 Å². The summed E-state index contributed by atoms with van der Waals surface area (Å²) in [6, 6.07) is 16.4. The minimum absolute atomic E-state index is 0.0207. The van der Waals surface area contributed by atoms with Crippen LogP contribution in [0.4, 0.5) is 0 Å². The topological polar surface area (TPSA) is 51.0 Å². The van der Waals surface area contributed by atoms with Crippen molar-refractivity contribution in [3.05, 3.63) is 59.7 Å². The van der Waals surface area contributed by atoms with Gasteiger partial charge in [-0.2, -0.15) is 0 Å². The maximum Gasteiger partial charge on any atom is 0.130 e. The first-order chi connectivity index (χ1) is 11.2. The molecule has 0 bridgehead atoms. The molecule has 2 unspecified atom stereocenters. The number of oxime groups is 1. The highest BCUT2D eigenvalue weighted by Gasteiger charge is 2.17. The third kappa shape index (κ3) is 3.44. The van der Waals surface area contributed by atoms with Crippen molar-refractivity contribution >= 4 is 5.71 Å². The number of aliphatic hydroxyl groups excluding tert-OH is 1. The number of aliphatic hydroxyl groups is 1. The molecule has 1 heterocycles. The second kappa shape index (κ2) is 6.94. The molecule has 1 N–H and O–H groups in total. The quantitative estimate of drug-likeness (QED) is 0.919. The van der Waals surface area contributed by atoms with Crippen molar-refractivity contribution in [2.24, 2.45) is 5.16 Å². The molecule has 0 aliphatic carbocycles. The molecule has 4 nitrogen and oxygen atoms in total. The molecule has 1 aliphatic heterocycles. The van der Waals surface area contributed by atoms with E-state index >= 15 is 0 Å². The summed E-state index contributed by atoms with van der Waals surface area (Å²) < 4.78 is 5.24. The number of hydrogen-bond acceptors (Lipinski definition) is 4. The van der Waals surface area contributed by atoms with Gasteiger partial charge in [-0.05, 0) is 29.2 Å². The number of methoxy groups -OCH3 is 1. The monoisotopic (exact) mass is 311 g/mol. The van der Waals surface area contributed by atoms with Gasteiger partial charge >= 0.3 is 0 Å². The van der Waals surface area contributed by atoms with Gasteiger partial charge < -0.3 is 14.7 Å². The van der Waals surface area contributed by atoms with Crippen LogP contribution in [0.25, 0.3) is 11.1 Å². The summed E-state index contributed by atoms with van der Waals surface area (Å²) in [5.41, 5.74) is 5.36. The summed E-state index contributed by atoms with van der Waals surface area (Å²) in [7, 11) is 1.60. The molecule has 0 amide bonds. The zero-order chi connectivity index (χ0) is 16.2. The fraction of sp³-hybridized carbons (Fsp3) is 0.316. The molecule has 0 fully saturated rings. The van der Waals surface area contributed by atoms with E-state index in [1.165, 1.54) is 0 Å². The first-order valence-electron chi connectivity index (χ1n) is 7.78. The van der Waals surface area contributed by atoms with E-state index in [0.717, 1.165) is 34.4 Å². The van der Waals surface area contributed by atoms with E-state index < -0.39 is 0 Å². The molecule has 1 aliphatic rings. The molecular weight excluding hydrogens is 290 g/mol. The van der Waals surface area contributed by atoms with Gasteiger partial charge in [-0.1, -0.05) is 53.7 Å². The van der Waals surface area contributed by atoms with Crippen molar-refractivity contribution in [3.8, 4) is 11.1 Å². The van der Waals surface area contributed by atoms with E-state index in [2.05, 4.69) is 29.4 Å². The van der Waals surface area contributed by atoms with E-state index in [0.29, 0.717) is 0 Å². The number of nitrogens with zero attached hydrogens (tertiary/aromatic N) is 1. The van der Waals surface area contributed by atoms with E-state index in [4.69, 9.17) is 9.57 Å². The lowest BCUT2D eigenvalue weighted by Gasteiger charge is -2.13. The Labute approximate surface area is 136 Å². The average Bonchev–Trinajstić information content (AvgIpc) is 3.03. The highest BCUT2D eigenvalue weighted by molar-refractivity contribution is 6.01. The summed E-state index contributed by atoms with van der Waals surface area (Å²) in [5, 5.41) is 13.4. The van der Waals surface area contributed by atoms with Gasteiger partial charge in [0.05, 0.1) is 12.3 Å². The van der Waals surface area contributed by atoms with Crippen molar-refractivity contribution in [2.75, 3.05) is 13.7 Å².